The fraction of sp³-hybridized carbons (Fsp3) is 0.333. The Hall–Kier alpha value is -2.50. The van der Waals surface area contributed by atoms with Crippen molar-refractivity contribution in [2.75, 3.05) is 20.3 Å². The molecule has 1 N–H and O–H groups in total. The van der Waals surface area contributed by atoms with Crippen molar-refractivity contribution in [1.82, 2.24) is 20.3 Å². The van der Waals surface area contributed by atoms with E-state index in [1.165, 1.54) is 11.1 Å². The molecule has 0 fully saturated rings. The van der Waals surface area contributed by atoms with Crippen molar-refractivity contribution in [1.29, 1.82) is 0 Å². The zero-order valence-electron chi connectivity index (χ0n) is 15.5. The van der Waals surface area contributed by atoms with Crippen molar-refractivity contribution >= 4 is 0 Å². The van der Waals surface area contributed by atoms with Crippen LogP contribution in [-0.2, 0) is 17.8 Å². The highest BCUT2D eigenvalue weighted by molar-refractivity contribution is 5.60. The van der Waals surface area contributed by atoms with E-state index in [4.69, 9.17) is 14.9 Å². The van der Waals surface area contributed by atoms with Crippen LogP contribution in [0.15, 0.2) is 54.6 Å². The summed E-state index contributed by atoms with van der Waals surface area (Å²) in [5, 5.41) is 13.0. The van der Waals surface area contributed by atoms with Crippen LogP contribution in [-0.4, -0.2) is 35.3 Å². The zero-order chi connectivity index (χ0) is 18.2. The molecule has 0 unspecified atom stereocenters. The summed E-state index contributed by atoms with van der Waals surface area (Å²) < 4.78 is 5.10. The predicted octanol–water partition coefficient (Wildman–Crippen LogP) is 3.43. The van der Waals surface area contributed by atoms with Gasteiger partial charge in [0.25, 0.3) is 0 Å². The van der Waals surface area contributed by atoms with E-state index in [-0.39, 0.29) is 0 Å². The summed E-state index contributed by atoms with van der Waals surface area (Å²) >= 11 is 0. The number of nitrogens with one attached hydrogen (secondary N) is 1. The van der Waals surface area contributed by atoms with Gasteiger partial charge in [0.15, 0.2) is 0 Å². The lowest BCUT2D eigenvalue weighted by molar-refractivity contribution is 0.194. The van der Waals surface area contributed by atoms with Gasteiger partial charge in [0, 0.05) is 25.8 Å². The molecule has 1 aromatic heterocycles. The number of nitrogens with zero attached hydrogens (tertiary/aromatic N) is 3. The Morgan fingerprint density at radius 3 is 2.54 bits per heavy atom. The summed E-state index contributed by atoms with van der Waals surface area (Å²) in [4.78, 5) is 1.80. The van der Waals surface area contributed by atoms with Crippen molar-refractivity contribution < 1.29 is 4.74 Å². The van der Waals surface area contributed by atoms with Gasteiger partial charge in [-0.2, -0.15) is 15.0 Å². The van der Waals surface area contributed by atoms with Crippen LogP contribution in [0.25, 0.3) is 11.3 Å². The maximum atomic E-state index is 5.10. The molecule has 0 aliphatic heterocycles. The molecular weight excluding hydrogens is 324 g/mol. The molecule has 0 amide bonds. The van der Waals surface area contributed by atoms with Crippen LogP contribution in [0.5, 0.6) is 0 Å². The lowest BCUT2D eigenvalue weighted by Gasteiger charge is -2.04. The van der Waals surface area contributed by atoms with E-state index in [1.807, 2.05) is 18.2 Å². The number of aromatic nitrogens is 3. The molecule has 0 aliphatic rings. The molecule has 5 heteroatoms. The van der Waals surface area contributed by atoms with Crippen LogP contribution in [0.4, 0.5) is 0 Å². The minimum Gasteiger partial charge on any atom is -0.385 e. The van der Waals surface area contributed by atoms with Gasteiger partial charge in [0.05, 0.1) is 6.54 Å². The van der Waals surface area contributed by atoms with E-state index in [0.717, 1.165) is 36.5 Å². The Morgan fingerprint density at radius 2 is 1.77 bits per heavy atom. The van der Waals surface area contributed by atoms with Crippen LogP contribution in [0.2, 0.25) is 0 Å². The van der Waals surface area contributed by atoms with Crippen molar-refractivity contribution in [2.45, 2.75) is 26.4 Å². The highest BCUT2D eigenvalue weighted by Crippen LogP contribution is 2.20. The van der Waals surface area contributed by atoms with E-state index < -0.39 is 0 Å². The van der Waals surface area contributed by atoms with Gasteiger partial charge in [0.2, 0.25) is 0 Å². The first kappa shape index (κ1) is 18.3. The van der Waals surface area contributed by atoms with Crippen LogP contribution >= 0.6 is 0 Å². The minimum atomic E-state index is 0.677. The second-order valence-electron chi connectivity index (χ2n) is 6.34. The number of hydrogen-bond acceptors (Lipinski definition) is 4. The molecule has 5 nitrogen and oxygen atoms in total. The zero-order valence-corrected chi connectivity index (χ0v) is 15.5. The van der Waals surface area contributed by atoms with Gasteiger partial charge in [-0.25, -0.2) is 0 Å². The monoisotopic (exact) mass is 350 g/mol. The lowest BCUT2D eigenvalue weighted by atomic mass is 10.1. The molecule has 0 bridgehead atoms. The van der Waals surface area contributed by atoms with Crippen LogP contribution in [0.3, 0.4) is 0 Å². The van der Waals surface area contributed by atoms with Crippen LogP contribution in [0, 0.1) is 6.92 Å². The third kappa shape index (κ3) is 4.77. The number of aryl methyl sites for hydroxylation is 1. The largest absolute Gasteiger partial charge is 0.385 e. The van der Waals surface area contributed by atoms with Gasteiger partial charge in [-0.3, -0.25) is 0 Å². The van der Waals surface area contributed by atoms with Crippen LogP contribution in [0.1, 0.15) is 23.2 Å². The average molecular weight is 350 g/mol. The van der Waals surface area contributed by atoms with Gasteiger partial charge >= 0.3 is 0 Å². The first-order valence-corrected chi connectivity index (χ1v) is 9.01. The quantitative estimate of drug-likeness (QED) is 0.601. The highest BCUT2D eigenvalue weighted by atomic mass is 16.5. The SMILES string of the molecule is COCCCNCc1nn(Cc2ccccc2C)nc1-c1ccccc1. The fourth-order valence-corrected chi connectivity index (χ4v) is 2.88. The van der Waals surface area contributed by atoms with E-state index >= 15 is 0 Å². The molecule has 0 saturated heterocycles. The summed E-state index contributed by atoms with van der Waals surface area (Å²) in [5.41, 5.74) is 5.50. The topological polar surface area (TPSA) is 52.0 Å². The number of hydrogen-bond donors (Lipinski definition) is 1. The van der Waals surface area contributed by atoms with Crippen LogP contribution < -0.4 is 5.32 Å². The summed E-state index contributed by atoms with van der Waals surface area (Å²) in [5.74, 6) is 0. The van der Waals surface area contributed by atoms with Gasteiger partial charge < -0.3 is 10.1 Å². The summed E-state index contributed by atoms with van der Waals surface area (Å²) in [6.45, 7) is 5.15. The van der Waals surface area contributed by atoms with Crippen molar-refractivity contribution in [3.8, 4) is 11.3 Å². The number of benzene rings is 2. The van der Waals surface area contributed by atoms with E-state index in [2.05, 4.69) is 48.6 Å². The lowest BCUT2D eigenvalue weighted by Crippen LogP contribution is -2.17. The fourth-order valence-electron chi connectivity index (χ4n) is 2.88. The van der Waals surface area contributed by atoms with Gasteiger partial charge in [-0.05, 0) is 31.0 Å². The minimum absolute atomic E-state index is 0.677. The molecule has 136 valence electrons. The molecule has 0 saturated carbocycles. The predicted molar refractivity (Wildman–Crippen MR) is 104 cm³/mol. The molecule has 1 heterocycles. The molecule has 0 atom stereocenters. The standard InChI is InChI=1S/C21H26N4O/c1-17-9-6-7-12-19(17)16-25-23-20(15-22-13-8-14-26-2)21(24-25)18-10-4-3-5-11-18/h3-7,9-12,22H,8,13-16H2,1-2H3. The molecule has 3 aromatic rings. The Kier molecular flexibility index (Phi) is 6.52. The smallest absolute Gasteiger partial charge is 0.117 e. The van der Waals surface area contributed by atoms with Crippen molar-refractivity contribution in [3.05, 3.63) is 71.4 Å². The maximum Gasteiger partial charge on any atom is 0.117 e. The first-order chi connectivity index (χ1) is 12.8. The van der Waals surface area contributed by atoms with Gasteiger partial charge in [-0.1, -0.05) is 54.6 Å². The molecule has 0 aliphatic carbocycles. The average Bonchev–Trinajstić information content (AvgIpc) is 3.07. The first-order valence-electron chi connectivity index (χ1n) is 9.01. The van der Waals surface area contributed by atoms with Crippen molar-refractivity contribution in [3.63, 3.8) is 0 Å². The molecule has 2 aromatic carbocycles. The maximum absolute atomic E-state index is 5.10. The molecule has 0 radical (unpaired) electrons. The second kappa shape index (κ2) is 9.27. The highest BCUT2D eigenvalue weighted by Gasteiger charge is 2.13. The van der Waals surface area contributed by atoms with Gasteiger partial charge in [0.1, 0.15) is 11.4 Å². The van der Waals surface area contributed by atoms with E-state index in [9.17, 15) is 0 Å². The Labute approximate surface area is 155 Å². The van der Waals surface area contributed by atoms with E-state index in [1.54, 1.807) is 11.9 Å². The molecule has 0 spiro atoms. The normalized spacial score (nSPS) is 11.0. The summed E-state index contributed by atoms with van der Waals surface area (Å²) in [6, 6.07) is 18.6. The van der Waals surface area contributed by atoms with Gasteiger partial charge in [-0.15, -0.1) is 0 Å². The number of rotatable bonds is 9. The third-order valence-corrected chi connectivity index (χ3v) is 4.34. The van der Waals surface area contributed by atoms with Crippen molar-refractivity contribution in [2.24, 2.45) is 0 Å². The Balaban J connectivity index is 1.79. The summed E-state index contributed by atoms with van der Waals surface area (Å²) in [6.07, 6.45) is 0.981. The number of ether oxygens (including phenoxy) is 1. The molecule has 26 heavy (non-hydrogen) atoms. The Bertz CT molecular complexity index is 814. The second-order valence-corrected chi connectivity index (χ2v) is 6.34. The molecule has 3 rings (SSSR count). The van der Waals surface area contributed by atoms with E-state index in [0.29, 0.717) is 13.1 Å². The number of methoxy groups -OCH3 is 1. The summed E-state index contributed by atoms with van der Waals surface area (Å²) in [7, 11) is 1.73. The Morgan fingerprint density at radius 1 is 1.00 bits per heavy atom. The molecular formula is C21H26N4O. The third-order valence-electron chi connectivity index (χ3n) is 4.34.